The fraction of sp³-hybridized carbons (Fsp3) is 0.869. The second-order valence-electron chi connectivity index (χ2n) is 21.9. The molecule has 1 amide bonds. The number of nitrogens with one attached hydrogen (secondary N) is 1. The highest BCUT2D eigenvalue weighted by molar-refractivity contribution is 7.45. The van der Waals surface area contributed by atoms with Crippen molar-refractivity contribution < 1.29 is 37.3 Å². The van der Waals surface area contributed by atoms with Crippen LogP contribution < -0.4 is 10.2 Å². The first-order chi connectivity index (χ1) is 34.4. The number of rotatable bonds is 55. The van der Waals surface area contributed by atoms with E-state index < -0.39 is 20.0 Å². The third-order valence-electron chi connectivity index (χ3n) is 13.6. The van der Waals surface area contributed by atoms with Gasteiger partial charge in [0.15, 0.2) is 0 Å². The second kappa shape index (κ2) is 51.7. The lowest BCUT2D eigenvalue weighted by Crippen LogP contribution is -2.47. The van der Waals surface area contributed by atoms with Crippen LogP contribution in [-0.2, 0) is 27.9 Å². The van der Waals surface area contributed by atoms with Crippen molar-refractivity contribution in [1.82, 2.24) is 5.32 Å². The molecule has 0 aliphatic heterocycles. The molecule has 0 fully saturated rings. The molecule has 0 spiro atoms. The first-order valence-electron chi connectivity index (χ1n) is 30.3. The summed E-state index contributed by atoms with van der Waals surface area (Å²) < 4.78 is 30.3. The van der Waals surface area contributed by atoms with Crippen molar-refractivity contribution in [2.75, 3.05) is 40.9 Å². The highest BCUT2D eigenvalue weighted by atomic mass is 31.2. The molecule has 418 valence electrons. The Morgan fingerprint density at radius 1 is 0.493 bits per heavy atom. The molecule has 9 nitrogen and oxygen atoms in total. The van der Waals surface area contributed by atoms with Gasteiger partial charge < -0.3 is 28.5 Å². The van der Waals surface area contributed by atoms with Crippen LogP contribution >= 0.6 is 7.82 Å². The van der Waals surface area contributed by atoms with E-state index in [1.807, 2.05) is 33.3 Å². The number of carbonyl (C=O) groups is 2. The van der Waals surface area contributed by atoms with Gasteiger partial charge in [0.2, 0.25) is 5.91 Å². The Kier molecular flexibility index (Phi) is 50.4. The van der Waals surface area contributed by atoms with Crippen LogP contribution in [0.15, 0.2) is 36.5 Å². The molecule has 0 radical (unpaired) electrons. The zero-order valence-electron chi connectivity index (χ0n) is 47.7. The molecular formula is C61H117N2O7P. The summed E-state index contributed by atoms with van der Waals surface area (Å²) in [4.78, 5) is 39.9. The number of esters is 1. The molecule has 0 aromatic rings. The predicted molar refractivity (Wildman–Crippen MR) is 303 cm³/mol. The minimum absolute atomic E-state index is 0.0202. The number of nitrogens with zero attached hydrogens (tertiary/aromatic N) is 1. The first kappa shape index (κ1) is 69.2. The minimum atomic E-state index is -4.69. The number of hydrogen-bond donors (Lipinski definition) is 1. The van der Waals surface area contributed by atoms with Gasteiger partial charge in [-0.05, 0) is 63.9 Å². The molecule has 71 heavy (non-hydrogen) atoms. The van der Waals surface area contributed by atoms with Gasteiger partial charge in [-0.15, -0.1) is 0 Å². The molecule has 0 aliphatic carbocycles. The summed E-state index contributed by atoms with van der Waals surface area (Å²) in [6, 6.07) is -0.883. The molecule has 0 saturated carbocycles. The summed E-state index contributed by atoms with van der Waals surface area (Å²) in [7, 11) is 1.19. The van der Waals surface area contributed by atoms with Crippen LogP contribution in [0.5, 0.6) is 0 Å². The van der Waals surface area contributed by atoms with Crippen molar-refractivity contribution >= 4 is 19.7 Å². The van der Waals surface area contributed by atoms with Gasteiger partial charge in [0.05, 0.1) is 33.8 Å². The van der Waals surface area contributed by atoms with E-state index >= 15 is 0 Å². The number of likely N-dealkylation sites (N-methyl/N-ethyl adjacent to an activating group) is 1. The Hall–Kier alpha value is -1.77. The first-order valence-corrected chi connectivity index (χ1v) is 31.8. The fourth-order valence-corrected chi connectivity index (χ4v) is 9.57. The number of phosphoric acid groups is 1. The summed E-state index contributed by atoms with van der Waals surface area (Å²) in [5, 5.41) is 3.02. The van der Waals surface area contributed by atoms with Gasteiger partial charge in [-0.2, -0.15) is 0 Å². The summed E-state index contributed by atoms with van der Waals surface area (Å²) in [5.74, 6) is -0.533. The van der Waals surface area contributed by atoms with Gasteiger partial charge in [-0.25, -0.2) is 0 Å². The topological polar surface area (TPSA) is 114 Å². The maximum Gasteiger partial charge on any atom is 0.306 e. The van der Waals surface area contributed by atoms with E-state index in [0.29, 0.717) is 17.4 Å². The SMILES string of the molecule is CCCCC/C=C\C/C=C\CCCCCCCCCCCCCC(=O)OC(/C=C\CCCCCCCCCCCCC)C(COP(=O)([O-])OCC[N+](C)(C)C)NC(=O)CCCCCCCCCCCCC. The van der Waals surface area contributed by atoms with Crippen molar-refractivity contribution in [1.29, 1.82) is 0 Å². The third-order valence-corrected chi connectivity index (χ3v) is 14.5. The van der Waals surface area contributed by atoms with Gasteiger partial charge in [-0.1, -0.05) is 250 Å². The molecule has 0 aliphatic rings. The second-order valence-corrected chi connectivity index (χ2v) is 23.3. The summed E-state index contributed by atoms with van der Waals surface area (Å²) >= 11 is 0. The van der Waals surface area contributed by atoms with E-state index in [4.69, 9.17) is 13.8 Å². The molecule has 3 unspecified atom stereocenters. The lowest BCUT2D eigenvalue weighted by atomic mass is 10.0. The Morgan fingerprint density at radius 3 is 1.30 bits per heavy atom. The maximum absolute atomic E-state index is 13.5. The van der Waals surface area contributed by atoms with Gasteiger partial charge in [0.1, 0.15) is 19.3 Å². The van der Waals surface area contributed by atoms with E-state index in [1.165, 1.54) is 193 Å². The lowest BCUT2D eigenvalue weighted by Gasteiger charge is -2.30. The highest BCUT2D eigenvalue weighted by Gasteiger charge is 2.27. The average molecular weight is 1020 g/mol. The molecule has 0 aromatic heterocycles. The lowest BCUT2D eigenvalue weighted by molar-refractivity contribution is -0.870. The van der Waals surface area contributed by atoms with Gasteiger partial charge in [0.25, 0.3) is 7.82 Å². The molecular weight excluding hydrogens is 904 g/mol. The highest BCUT2D eigenvalue weighted by Crippen LogP contribution is 2.38. The van der Waals surface area contributed by atoms with E-state index in [-0.39, 0.29) is 31.5 Å². The van der Waals surface area contributed by atoms with Gasteiger partial charge in [0, 0.05) is 12.8 Å². The number of phosphoric ester groups is 1. The number of unbranched alkanes of at least 4 members (excludes halogenated alkanes) is 35. The molecule has 1 N–H and O–H groups in total. The molecule has 3 atom stereocenters. The Labute approximate surface area is 440 Å². The third kappa shape index (κ3) is 52.9. The van der Waals surface area contributed by atoms with Gasteiger partial charge in [-0.3, -0.25) is 14.2 Å². The van der Waals surface area contributed by atoms with Crippen LogP contribution in [0, 0.1) is 0 Å². The van der Waals surface area contributed by atoms with Gasteiger partial charge >= 0.3 is 5.97 Å². The van der Waals surface area contributed by atoms with Crippen LogP contribution in [-0.4, -0.2) is 69.4 Å². The van der Waals surface area contributed by atoms with E-state index in [9.17, 15) is 19.0 Å². The Morgan fingerprint density at radius 2 is 0.859 bits per heavy atom. The summed E-state index contributed by atoms with van der Waals surface area (Å²) in [6.07, 6.45) is 61.0. The van der Waals surface area contributed by atoms with Crippen LogP contribution in [0.4, 0.5) is 0 Å². The number of allylic oxidation sites excluding steroid dienone is 5. The van der Waals surface area contributed by atoms with Crippen molar-refractivity contribution in [3.63, 3.8) is 0 Å². The molecule has 0 aromatic carbocycles. The van der Waals surface area contributed by atoms with Crippen LogP contribution in [0.1, 0.15) is 290 Å². The van der Waals surface area contributed by atoms with Crippen molar-refractivity contribution in [2.24, 2.45) is 0 Å². The normalized spacial score (nSPS) is 14.0. The number of ether oxygens (including phenoxy) is 1. The standard InChI is InChI=1S/C61H117N2O7P/c1-7-10-13-16-19-22-25-27-28-29-30-31-32-33-34-36-39-42-45-48-51-54-61(65)70-59(52-49-46-43-40-38-35-26-23-20-17-14-11-8-2)58(57-69-71(66,67)68-56-55-63(4,5)6)62-60(64)53-50-47-44-41-37-24-21-18-15-12-9-3/h19,22,27-28,49,52,58-59H,7-18,20-21,23-26,29-48,50-51,53-57H2,1-6H3,(H-,62,64,66,67)/b22-19-,28-27-,52-49-. The molecule has 0 rings (SSSR count). The molecule has 0 heterocycles. The number of hydrogen-bond acceptors (Lipinski definition) is 7. The van der Waals surface area contributed by atoms with Crippen molar-refractivity contribution in [3.8, 4) is 0 Å². The molecule has 0 saturated heterocycles. The Balaban J connectivity index is 5.20. The molecule has 10 heteroatoms. The largest absolute Gasteiger partial charge is 0.756 e. The molecule has 0 bridgehead atoms. The maximum atomic E-state index is 13.5. The fourth-order valence-electron chi connectivity index (χ4n) is 8.85. The van der Waals surface area contributed by atoms with E-state index in [1.54, 1.807) is 0 Å². The minimum Gasteiger partial charge on any atom is -0.756 e. The van der Waals surface area contributed by atoms with E-state index in [2.05, 4.69) is 50.4 Å². The summed E-state index contributed by atoms with van der Waals surface area (Å²) in [5.41, 5.74) is 0. The summed E-state index contributed by atoms with van der Waals surface area (Å²) in [6.45, 7) is 6.83. The van der Waals surface area contributed by atoms with Crippen LogP contribution in [0.3, 0.4) is 0 Å². The smallest absolute Gasteiger partial charge is 0.306 e. The average Bonchev–Trinajstić information content (AvgIpc) is 3.33. The Bertz CT molecular complexity index is 1310. The predicted octanol–water partition coefficient (Wildman–Crippen LogP) is 17.7. The quantitative estimate of drug-likeness (QED) is 0.0212. The van der Waals surface area contributed by atoms with E-state index in [0.717, 1.165) is 64.2 Å². The monoisotopic (exact) mass is 1020 g/mol. The van der Waals surface area contributed by atoms with Crippen molar-refractivity contribution in [3.05, 3.63) is 36.5 Å². The van der Waals surface area contributed by atoms with Crippen LogP contribution in [0.2, 0.25) is 0 Å². The van der Waals surface area contributed by atoms with Crippen LogP contribution in [0.25, 0.3) is 0 Å². The zero-order chi connectivity index (χ0) is 52.2. The zero-order valence-corrected chi connectivity index (χ0v) is 48.6. The number of quaternary nitrogens is 1. The number of carbonyl (C=O) groups excluding carboxylic acids is 2. The number of amides is 1. The van der Waals surface area contributed by atoms with Crippen molar-refractivity contribution in [2.45, 2.75) is 303 Å².